The van der Waals surface area contributed by atoms with Crippen molar-refractivity contribution in [1.29, 1.82) is 0 Å². The van der Waals surface area contributed by atoms with Crippen molar-refractivity contribution in [2.24, 2.45) is 0 Å². The van der Waals surface area contributed by atoms with Gasteiger partial charge in [0.2, 0.25) is 0 Å². The molecule has 3 rings (SSSR count). The first-order valence-electron chi connectivity index (χ1n) is 9.71. The molecule has 2 aromatic carbocycles. The minimum atomic E-state index is -0.630. The van der Waals surface area contributed by atoms with Gasteiger partial charge in [-0.05, 0) is 55.0 Å². The van der Waals surface area contributed by atoms with Crippen LogP contribution in [0, 0.1) is 0 Å². The quantitative estimate of drug-likeness (QED) is 0.733. The Bertz CT molecular complexity index is 940. The van der Waals surface area contributed by atoms with Gasteiger partial charge in [0, 0.05) is 0 Å². The zero-order valence-electron chi connectivity index (χ0n) is 17.3. The molecule has 2 aromatic rings. The fraction of sp³-hybridized carbons (Fsp3) is 0.333. The zero-order valence-corrected chi connectivity index (χ0v) is 17.3. The number of esters is 1. The minimum absolute atomic E-state index is 0.0208. The largest absolute Gasteiger partial charge is 0.469 e. The van der Waals surface area contributed by atoms with E-state index in [1.165, 1.54) is 18.2 Å². The highest BCUT2D eigenvalue weighted by Crippen LogP contribution is 2.35. The first-order chi connectivity index (χ1) is 13.8. The van der Waals surface area contributed by atoms with Gasteiger partial charge in [0.25, 0.3) is 0 Å². The summed E-state index contributed by atoms with van der Waals surface area (Å²) in [6, 6.07) is 15.5. The van der Waals surface area contributed by atoms with E-state index in [4.69, 9.17) is 9.47 Å². The fourth-order valence-corrected chi connectivity index (χ4v) is 3.48. The Morgan fingerprint density at radius 3 is 2.45 bits per heavy atom. The molecule has 152 valence electrons. The summed E-state index contributed by atoms with van der Waals surface area (Å²) < 4.78 is 10.3. The van der Waals surface area contributed by atoms with Gasteiger partial charge in [-0.25, -0.2) is 4.79 Å². The van der Waals surface area contributed by atoms with Gasteiger partial charge in [-0.15, -0.1) is 0 Å². The van der Waals surface area contributed by atoms with Crippen molar-refractivity contribution in [1.82, 2.24) is 5.32 Å². The van der Waals surface area contributed by atoms with Crippen LogP contribution in [0.4, 0.5) is 4.79 Å². The minimum Gasteiger partial charge on any atom is -0.469 e. The van der Waals surface area contributed by atoms with Crippen molar-refractivity contribution in [3.8, 4) is 0 Å². The molecule has 1 unspecified atom stereocenters. The topological polar surface area (TPSA) is 64.6 Å². The fourth-order valence-electron chi connectivity index (χ4n) is 3.48. The molecule has 1 aliphatic carbocycles. The molecule has 0 aromatic heterocycles. The molecule has 0 saturated heterocycles. The van der Waals surface area contributed by atoms with Crippen molar-refractivity contribution in [2.75, 3.05) is 7.11 Å². The van der Waals surface area contributed by atoms with Crippen LogP contribution in [0.5, 0.6) is 0 Å². The predicted molar refractivity (Wildman–Crippen MR) is 113 cm³/mol. The van der Waals surface area contributed by atoms with E-state index < -0.39 is 23.7 Å². The highest BCUT2D eigenvalue weighted by Gasteiger charge is 2.26. The lowest BCUT2D eigenvalue weighted by Gasteiger charge is -2.25. The molecular formula is C24H27NO4. The van der Waals surface area contributed by atoms with Crippen LogP contribution in [0.1, 0.15) is 55.5 Å². The number of rotatable bonds is 5. The van der Waals surface area contributed by atoms with Crippen LogP contribution in [0.25, 0.3) is 11.6 Å². The number of hydrogen-bond acceptors (Lipinski definition) is 4. The lowest BCUT2D eigenvalue weighted by Crippen LogP contribution is -2.36. The van der Waals surface area contributed by atoms with E-state index in [-0.39, 0.29) is 6.42 Å². The molecular weight excluding hydrogens is 366 g/mol. The van der Waals surface area contributed by atoms with Crippen LogP contribution in [-0.2, 0) is 20.7 Å². The van der Waals surface area contributed by atoms with Gasteiger partial charge in [0.1, 0.15) is 5.60 Å². The normalized spacial score (nSPS) is 13.9. The number of nitrogens with one attached hydrogen (secondary N) is 1. The lowest BCUT2D eigenvalue weighted by atomic mass is 9.92. The van der Waals surface area contributed by atoms with Crippen LogP contribution in [0.2, 0.25) is 0 Å². The van der Waals surface area contributed by atoms with E-state index in [2.05, 4.69) is 23.5 Å². The monoisotopic (exact) mass is 393 g/mol. The maximum atomic E-state index is 12.4. The van der Waals surface area contributed by atoms with Crippen LogP contribution >= 0.6 is 0 Å². The number of hydrogen-bond donors (Lipinski definition) is 1. The van der Waals surface area contributed by atoms with Crippen molar-refractivity contribution in [3.63, 3.8) is 0 Å². The Kier molecular flexibility index (Phi) is 6.06. The van der Waals surface area contributed by atoms with Crippen molar-refractivity contribution in [2.45, 2.75) is 45.3 Å². The van der Waals surface area contributed by atoms with Crippen molar-refractivity contribution in [3.05, 3.63) is 70.8 Å². The maximum absolute atomic E-state index is 12.4. The summed E-state index contributed by atoms with van der Waals surface area (Å²) in [5, 5.41) is 2.85. The average molecular weight is 393 g/mol. The highest BCUT2D eigenvalue weighted by molar-refractivity contribution is 5.90. The second kappa shape index (κ2) is 8.52. The van der Waals surface area contributed by atoms with Crippen LogP contribution in [0.3, 0.4) is 0 Å². The molecule has 0 saturated carbocycles. The Morgan fingerprint density at radius 2 is 1.76 bits per heavy atom. The van der Waals surface area contributed by atoms with E-state index in [0.29, 0.717) is 0 Å². The zero-order chi connectivity index (χ0) is 21.0. The first-order valence-corrected chi connectivity index (χ1v) is 9.71. The van der Waals surface area contributed by atoms with Gasteiger partial charge in [-0.3, -0.25) is 4.79 Å². The molecule has 5 heteroatoms. The summed E-state index contributed by atoms with van der Waals surface area (Å²) >= 11 is 0. The van der Waals surface area contributed by atoms with Crippen LogP contribution in [0.15, 0.2) is 48.5 Å². The van der Waals surface area contributed by atoms with Crippen LogP contribution < -0.4 is 5.32 Å². The third kappa shape index (κ3) is 5.25. The number of amides is 1. The molecule has 1 atom stereocenters. The summed E-state index contributed by atoms with van der Waals surface area (Å²) in [6.45, 7) is 5.41. The standard InChI is InChI=1S/C24H27NO4/c1-24(2,3)29-23(27)25-21(15-22(26)28-4)20-12-8-7-11-19(20)18-13-16-9-5-6-10-17(16)14-18/h5-13,21H,14-15H2,1-4H3,(H,25,27). The second-order valence-electron chi connectivity index (χ2n) is 8.11. The summed E-state index contributed by atoms with van der Waals surface area (Å²) in [6.07, 6.45) is 2.43. The molecule has 1 N–H and O–H groups in total. The summed E-state index contributed by atoms with van der Waals surface area (Å²) in [4.78, 5) is 24.5. The van der Waals surface area contributed by atoms with Gasteiger partial charge in [-0.1, -0.05) is 54.6 Å². The molecule has 0 bridgehead atoms. The number of allylic oxidation sites excluding steroid dienone is 1. The molecule has 1 aliphatic rings. The maximum Gasteiger partial charge on any atom is 0.408 e. The molecule has 0 spiro atoms. The van der Waals surface area contributed by atoms with Crippen molar-refractivity contribution >= 4 is 23.7 Å². The van der Waals surface area contributed by atoms with E-state index in [0.717, 1.165) is 23.1 Å². The van der Waals surface area contributed by atoms with E-state index in [9.17, 15) is 9.59 Å². The Morgan fingerprint density at radius 1 is 1.07 bits per heavy atom. The van der Waals surface area contributed by atoms with E-state index in [1.54, 1.807) is 20.8 Å². The van der Waals surface area contributed by atoms with Gasteiger partial charge < -0.3 is 14.8 Å². The molecule has 5 nitrogen and oxygen atoms in total. The number of carbonyl (C=O) groups excluding carboxylic acids is 2. The number of carbonyl (C=O) groups is 2. The third-order valence-electron chi connectivity index (χ3n) is 4.74. The summed E-state index contributed by atoms with van der Waals surface area (Å²) in [5.41, 5.74) is 4.86. The molecule has 0 aliphatic heterocycles. The molecule has 0 fully saturated rings. The average Bonchev–Trinajstić information content (AvgIpc) is 3.10. The number of benzene rings is 2. The molecule has 0 radical (unpaired) electrons. The van der Waals surface area contributed by atoms with E-state index in [1.807, 2.05) is 36.4 Å². The Balaban J connectivity index is 1.92. The second-order valence-corrected chi connectivity index (χ2v) is 8.11. The van der Waals surface area contributed by atoms with E-state index >= 15 is 0 Å². The summed E-state index contributed by atoms with van der Waals surface area (Å²) in [5.74, 6) is -0.399. The molecule has 0 heterocycles. The predicted octanol–water partition coefficient (Wildman–Crippen LogP) is 4.91. The Hall–Kier alpha value is -3.08. The SMILES string of the molecule is COC(=O)CC(NC(=O)OC(C)(C)C)c1ccccc1C1=Cc2ccccc2C1. The smallest absolute Gasteiger partial charge is 0.408 e. The van der Waals surface area contributed by atoms with Gasteiger partial charge >= 0.3 is 12.1 Å². The highest BCUT2D eigenvalue weighted by atomic mass is 16.6. The third-order valence-corrected chi connectivity index (χ3v) is 4.74. The number of ether oxygens (including phenoxy) is 2. The number of methoxy groups -OCH3 is 1. The Labute approximate surface area is 171 Å². The van der Waals surface area contributed by atoms with Crippen LogP contribution in [-0.4, -0.2) is 24.8 Å². The molecule has 1 amide bonds. The first kappa shape index (κ1) is 20.6. The van der Waals surface area contributed by atoms with Gasteiger partial charge in [-0.2, -0.15) is 0 Å². The summed E-state index contributed by atoms with van der Waals surface area (Å²) in [7, 11) is 1.34. The lowest BCUT2D eigenvalue weighted by molar-refractivity contribution is -0.141. The van der Waals surface area contributed by atoms with Gasteiger partial charge in [0.05, 0.1) is 19.6 Å². The number of alkyl carbamates (subject to hydrolysis) is 1. The number of fused-ring (bicyclic) bond motifs is 1. The van der Waals surface area contributed by atoms with Crippen molar-refractivity contribution < 1.29 is 19.1 Å². The van der Waals surface area contributed by atoms with Gasteiger partial charge in [0.15, 0.2) is 0 Å². The molecule has 29 heavy (non-hydrogen) atoms.